The quantitative estimate of drug-likeness (QED) is 0.279. The number of hydrogen-bond donors (Lipinski definition) is 1. The summed E-state index contributed by atoms with van der Waals surface area (Å²) in [6.07, 6.45) is 1.54. The SMILES string of the molecule is CCc1ccccc1N(CC(=O)N(CCc1ccccc1)[C@@H](CC)C(=O)NCC(C)C)S(=O)(=O)c1ccc(C)cc1. The molecule has 0 aliphatic carbocycles. The van der Waals surface area contributed by atoms with Gasteiger partial charge in [0.25, 0.3) is 10.0 Å². The molecule has 3 rings (SSSR count). The summed E-state index contributed by atoms with van der Waals surface area (Å²) < 4.78 is 29.4. The third-order valence-corrected chi connectivity index (χ3v) is 8.86. The number of aryl methyl sites for hydroxylation is 2. The van der Waals surface area contributed by atoms with Gasteiger partial charge in [-0.05, 0) is 61.4 Å². The Balaban J connectivity index is 2.03. The zero-order valence-corrected chi connectivity index (χ0v) is 25.7. The number of para-hydroxylation sites is 1. The Bertz CT molecular complexity index is 1390. The van der Waals surface area contributed by atoms with Crippen LogP contribution in [0.15, 0.2) is 83.8 Å². The largest absolute Gasteiger partial charge is 0.354 e. The summed E-state index contributed by atoms with van der Waals surface area (Å²) >= 11 is 0. The summed E-state index contributed by atoms with van der Waals surface area (Å²) in [7, 11) is -4.09. The monoisotopic (exact) mass is 577 g/mol. The fourth-order valence-corrected chi connectivity index (χ4v) is 6.17. The van der Waals surface area contributed by atoms with Gasteiger partial charge in [-0.15, -0.1) is 0 Å². The predicted octanol–water partition coefficient (Wildman–Crippen LogP) is 5.37. The Labute approximate surface area is 245 Å². The molecule has 1 atom stereocenters. The molecule has 220 valence electrons. The molecule has 0 aliphatic heterocycles. The maximum absolute atomic E-state index is 14.2. The van der Waals surface area contributed by atoms with E-state index >= 15 is 0 Å². The van der Waals surface area contributed by atoms with E-state index in [-0.39, 0.29) is 23.3 Å². The summed E-state index contributed by atoms with van der Waals surface area (Å²) in [6.45, 7) is 10.1. The van der Waals surface area contributed by atoms with E-state index in [1.54, 1.807) is 41.3 Å². The molecule has 1 N–H and O–H groups in total. The van der Waals surface area contributed by atoms with Crippen LogP contribution in [0.3, 0.4) is 0 Å². The second-order valence-electron chi connectivity index (χ2n) is 10.7. The van der Waals surface area contributed by atoms with E-state index in [9.17, 15) is 18.0 Å². The molecule has 8 heteroatoms. The molecular formula is C33H43N3O4S. The number of anilines is 1. The third-order valence-electron chi connectivity index (χ3n) is 7.08. The molecule has 0 spiro atoms. The van der Waals surface area contributed by atoms with Crippen molar-refractivity contribution < 1.29 is 18.0 Å². The molecule has 0 aliphatic rings. The van der Waals surface area contributed by atoms with Gasteiger partial charge in [0, 0.05) is 13.1 Å². The highest BCUT2D eigenvalue weighted by atomic mass is 32.2. The number of sulfonamides is 1. The Kier molecular flexibility index (Phi) is 11.5. The summed E-state index contributed by atoms with van der Waals surface area (Å²) in [5, 5.41) is 2.97. The van der Waals surface area contributed by atoms with Crippen LogP contribution in [0.2, 0.25) is 0 Å². The fourth-order valence-electron chi connectivity index (χ4n) is 4.72. The van der Waals surface area contributed by atoms with Crippen molar-refractivity contribution in [2.75, 3.05) is 23.9 Å². The van der Waals surface area contributed by atoms with Crippen molar-refractivity contribution in [1.29, 1.82) is 0 Å². The van der Waals surface area contributed by atoms with Gasteiger partial charge in [-0.25, -0.2) is 8.42 Å². The number of carbonyl (C=O) groups is 2. The van der Waals surface area contributed by atoms with E-state index in [0.29, 0.717) is 31.5 Å². The predicted molar refractivity (Wildman–Crippen MR) is 165 cm³/mol. The van der Waals surface area contributed by atoms with E-state index in [1.165, 1.54) is 4.31 Å². The molecule has 3 aromatic carbocycles. The smallest absolute Gasteiger partial charge is 0.264 e. The molecule has 0 saturated heterocycles. The van der Waals surface area contributed by atoms with Crippen molar-refractivity contribution in [2.45, 2.75) is 64.8 Å². The Morgan fingerprint density at radius 1 is 0.878 bits per heavy atom. The number of nitrogens with one attached hydrogen (secondary N) is 1. The average molecular weight is 578 g/mol. The number of rotatable bonds is 14. The minimum Gasteiger partial charge on any atom is -0.354 e. The Morgan fingerprint density at radius 3 is 2.12 bits per heavy atom. The lowest BCUT2D eigenvalue weighted by atomic mass is 10.1. The number of benzene rings is 3. The van der Waals surface area contributed by atoms with Crippen LogP contribution in [0.4, 0.5) is 5.69 Å². The zero-order valence-electron chi connectivity index (χ0n) is 24.8. The van der Waals surface area contributed by atoms with Crippen LogP contribution in [0, 0.1) is 12.8 Å². The second kappa shape index (κ2) is 14.8. The first-order chi connectivity index (χ1) is 19.6. The molecular weight excluding hydrogens is 534 g/mol. The minimum atomic E-state index is -4.09. The van der Waals surface area contributed by atoms with Gasteiger partial charge in [0.2, 0.25) is 11.8 Å². The Hall–Kier alpha value is -3.65. The van der Waals surface area contributed by atoms with E-state index in [1.807, 2.05) is 77.1 Å². The van der Waals surface area contributed by atoms with Crippen LogP contribution >= 0.6 is 0 Å². The highest BCUT2D eigenvalue weighted by Gasteiger charge is 2.34. The molecule has 41 heavy (non-hydrogen) atoms. The lowest BCUT2D eigenvalue weighted by Gasteiger charge is -2.33. The van der Waals surface area contributed by atoms with Gasteiger partial charge < -0.3 is 10.2 Å². The highest BCUT2D eigenvalue weighted by molar-refractivity contribution is 7.92. The van der Waals surface area contributed by atoms with Crippen LogP contribution in [-0.2, 0) is 32.5 Å². The molecule has 0 aromatic heterocycles. The molecule has 0 unspecified atom stereocenters. The first kappa shape index (κ1) is 31.9. The molecule has 0 radical (unpaired) electrons. The van der Waals surface area contributed by atoms with Crippen molar-refractivity contribution in [1.82, 2.24) is 10.2 Å². The number of carbonyl (C=O) groups excluding carboxylic acids is 2. The topological polar surface area (TPSA) is 86.8 Å². The summed E-state index contributed by atoms with van der Waals surface area (Å²) in [5.41, 5.74) is 3.24. The van der Waals surface area contributed by atoms with E-state index in [0.717, 1.165) is 16.7 Å². The Morgan fingerprint density at radius 2 is 1.51 bits per heavy atom. The third kappa shape index (κ3) is 8.43. The van der Waals surface area contributed by atoms with Crippen molar-refractivity contribution in [2.24, 2.45) is 5.92 Å². The van der Waals surface area contributed by atoms with Crippen LogP contribution in [0.1, 0.15) is 50.8 Å². The first-order valence-electron chi connectivity index (χ1n) is 14.4. The summed E-state index contributed by atoms with van der Waals surface area (Å²) in [6, 6.07) is 22.9. The van der Waals surface area contributed by atoms with Crippen molar-refractivity contribution in [3.05, 3.63) is 95.6 Å². The highest BCUT2D eigenvalue weighted by Crippen LogP contribution is 2.28. The lowest BCUT2D eigenvalue weighted by molar-refractivity contribution is -0.139. The van der Waals surface area contributed by atoms with Gasteiger partial charge in [-0.3, -0.25) is 13.9 Å². The second-order valence-corrected chi connectivity index (χ2v) is 12.6. The number of amides is 2. The van der Waals surface area contributed by atoms with Crippen LogP contribution in [0.25, 0.3) is 0 Å². The van der Waals surface area contributed by atoms with Crippen LogP contribution in [-0.4, -0.2) is 50.8 Å². The van der Waals surface area contributed by atoms with Gasteiger partial charge in [0.1, 0.15) is 12.6 Å². The van der Waals surface area contributed by atoms with Crippen molar-refractivity contribution >= 4 is 27.5 Å². The van der Waals surface area contributed by atoms with E-state index in [4.69, 9.17) is 0 Å². The maximum atomic E-state index is 14.2. The van der Waals surface area contributed by atoms with Gasteiger partial charge >= 0.3 is 0 Å². The van der Waals surface area contributed by atoms with E-state index in [2.05, 4.69) is 5.32 Å². The minimum absolute atomic E-state index is 0.111. The van der Waals surface area contributed by atoms with Crippen molar-refractivity contribution in [3.8, 4) is 0 Å². The summed E-state index contributed by atoms with van der Waals surface area (Å²) in [4.78, 5) is 29.1. The fraction of sp³-hybridized carbons (Fsp3) is 0.394. The molecule has 2 amide bonds. The standard InChI is InChI=1S/C33H43N3O4S/c1-6-28-15-11-12-16-31(28)36(41(39,40)29-19-17-26(5)18-20-29)24-32(37)35(22-21-27-13-9-8-10-14-27)30(7-2)33(38)34-23-25(3)4/h8-20,25,30H,6-7,21-24H2,1-5H3,(H,34,38)/t30-/m0/s1. The zero-order chi connectivity index (χ0) is 30.0. The molecule has 0 fully saturated rings. The molecule has 3 aromatic rings. The lowest BCUT2D eigenvalue weighted by Crippen LogP contribution is -2.53. The average Bonchev–Trinajstić information content (AvgIpc) is 2.97. The van der Waals surface area contributed by atoms with Gasteiger partial charge in [-0.1, -0.05) is 93.9 Å². The maximum Gasteiger partial charge on any atom is 0.264 e. The van der Waals surface area contributed by atoms with Crippen LogP contribution < -0.4 is 9.62 Å². The van der Waals surface area contributed by atoms with Crippen molar-refractivity contribution in [3.63, 3.8) is 0 Å². The van der Waals surface area contributed by atoms with Gasteiger partial charge in [-0.2, -0.15) is 0 Å². The molecule has 0 bridgehead atoms. The molecule has 0 heterocycles. The van der Waals surface area contributed by atoms with Gasteiger partial charge in [0.05, 0.1) is 10.6 Å². The van der Waals surface area contributed by atoms with Gasteiger partial charge in [0.15, 0.2) is 0 Å². The molecule has 0 saturated carbocycles. The first-order valence-corrected chi connectivity index (χ1v) is 15.8. The van der Waals surface area contributed by atoms with Crippen LogP contribution in [0.5, 0.6) is 0 Å². The number of hydrogen-bond acceptors (Lipinski definition) is 4. The van der Waals surface area contributed by atoms with E-state index < -0.39 is 28.5 Å². The number of nitrogens with zero attached hydrogens (tertiary/aromatic N) is 2. The normalized spacial score (nSPS) is 12.1. The summed E-state index contributed by atoms with van der Waals surface area (Å²) in [5.74, 6) is -0.399. The molecule has 7 nitrogen and oxygen atoms in total.